The minimum atomic E-state index is -5.08. The van der Waals surface area contributed by atoms with Crippen molar-refractivity contribution in [2.24, 2.45) is 0 Å². The van der Waals surface area contributed by atoms with E-state index in [-0.39, 0.29) is 39.0 Å². The zero-order valence-electron chi connectivity index (χ0n) is 28.3. The fourth-order valence-electron chi connectivity index (χ4n) is 4.24. The van der Waals surface area contributed by atoms with E-state index in [2.05, 4.69) is 184 Å². The van der Waals surface area contributed by atoms with Gasteiger partial charge in [-0.1, -0.05) is 124 Å². The number of carboxylic acids is 2. The summed E-state index contributed by atoms with van der Waals surface area (Å²) in [7, 11) is -1.07. The summed E-state index contributed by atoms with van der Waals surface area (Å²) in [6.45, 7) is 0. The number of benzene rings is 6. The molecule has 0 aromatic heterocycles. The Morgan fingerprint density at radius 3 is 1.09 bits per heavy atom. The van der Waals surface area contributed by atoms with Gasteiger partial charge in [-0.05, 0) is 49.2 Å². The summed E-state index contributed by atoms with van der Waals surface area (Å²) in [4.78, 5) is 17.8. The number of hydrogen-bond donors (Lipinski definition) is 2. The molecule has 0 aliphatic carbocycles. The van der Waals surface area contributed by atoms with Crippen molar-refractivity contribution in [2.75, 3.05) is 0 Å². The number of hydrogen-bond acceptors (Lipinski definition) is 2. The van der Waals surface area contributed by atoms with Gasteiger partial charge >= 0.3 is 24.3 Å². The van der Waals surface area contributed by atoms with Gasteiger partial charge in [-0.25, -0.2) is 9.59 Å². The Morgan fingerprint density at radius 2 is 0.786 bits per heavy atom. The summed E-state index contributed by atoms with van der Waals surface area (Å²) >= 11 is 7.00. The van der Waals surface area contributed by atoms with E-state index >= 15 is 0 Å². The standard InChI is InChI=1S/C18H12Br2P.C18H14P.2C2HF3O2.2Rh/c19-14-6-10-17(11-7-14)21(16-4-2-1-3-5-16)18-12-8-15(20)9-13-18;1-4-10-16(11-5-1)19(17-12-6-2-7-13-17)18-14-8-3-9-15-18;2*3-2(4,5)1(6)7;;/h1-12H;1-14H;2*(H,6,7);;/q2*-1;;;;. The molecule has 0 saturated heterocycles. The van der Waals surface area contributed by atoms with Crippen LogP contribution in [0.5, 0.6) is 0 Å². The van der Waals surface area contributed by atoms with E-state index in [4.69, 9.17) is 19.8 Å². The number of carbonyl (C=O) groups is 2. The van der Waals surface area contributed by atoms with Crippen LogP contribution < -0.4 is 31.8 Å². The monoisotopic (exact) mass is 1110 g/mol. The molecule has 2 radical (unpaired) electrons. The molecule has 0 heterocycles. The van der Waals surface area contributed by atoms with E-state index in [1.54, 1.807) is 0 Å². The summed E-state index contributed by atoms with van der Waals surface area (Å²) < 4.78 is 65.6. The van der Waals surface area contributed by atoms with Crippen LogP contribution in [-0.4, -0.2) is 34.5 Å². The van der Waals surface area contributed by atoms with Gasteiger partial charge < -0.3 is 10.2 Å². The summed E-state index contributed by atoms with van der Waals surface area (Å²) in [5.41, 5.74) is 0. The molecule has 0 aliphatic heterocycles. The quantitative estimate of drug-likeness (QED) is 0.0756. The number of carboxylic acid groups (broad SMARTS) is 2. The van der Waals surface area contributed by atoms with Gasteiger partial charge in [0, 0.05) is 43.4 Å². The normalized spacial score (nSPS) is 10.9. The first-order valence-electron chi connectivity index (χ1n) is 15.3. The first-order chi connectivity index (χ1) is 25.6. The first kappa shape index (κ1) is 50.9. The summed E-state index contributed by atoms with van der Waals surface area (Å²) in [6.07, 6.45) is -10.2. The van der Waals surface area contributed by atoms with Crippen LogP contribution in [0.15, 0.2) is 167 Å². The Kier molecular flexibility index (Phi) is 23.0. The Balaban J connectivity index is 0.000000411. The van der Waals surface area contributed by atoms with E-state index in [1.165, 1.54) is 31.8 Å². The molecule has 0 fully saturated rings. The topological polar surface area (TPSA) is 74.6 Å². The summed E-state index contributed by atoms with van der Waals surface area (Å²) in [5, 5.41) is 22.2. The van der Waals surface area contributed by atoms with Crippen LogP contribution >= 0.6 is 47.7 Å². The van der Waals surface area contributed by atoms with E-state index < -0.39 is 40.1 Å². The fraction of sp³-hybridized carbons (Fsp3) is 0.0500. The smallest absolute Gasteiger partial charge is 0.475 e. The molecule has 6 aromatic rings. The zero-order chi connectivity index (χ0) is 39.7. The van der Waals surface area contributed by atoms with Crippen molar-refractivity contribution in [2.45, 2.75) is 12.4 Å². The summed E-state index contributed by atoms with van der Waals surface area (Å²) in [5.74, 6) is -5.51. The molecule has 0 saturated carbocycles. The Bertz CT molecular complexity index is 1850. The van der Waals surface area contributed by atoms with Crippen molar-refractivity contribution < 1.29 is 85.1 Å². The van der Waals surface area contributed by atoms with Crippen LogP contribution in [-0.2, 0) is 48.5 Å². The minimum Gasteiger partial charge on any atom is -0.475 e. The fourth-order valence-corrected chi connectivity index (χ4v) is 9.17. The molecule has 0 spiro atoms. The second kappa shape index (κ2) is 25.3. The average Bonchev–Trinajstić information content (AvgIpc) is 3.15. The molecule has 298 valence electrons. The van der Waals surface area contributed by atoms with Gasteiger partial charge in [-0.15, -0.1) is 26.5 Å². The van der Waals surface area contributed by atoms with Crippen LogP contribution in [0.3, 0.4) is 0 Å². The third-order valence-electron chi connectivity index (χ3n) is 6.55. The van der Waals surface area contributed by atoms with Crippen molar-refractivity contribution in [3.05, 3.63) is 179 Å². The molecule has 6 rings (SSSR count). The molecule has 0 amide bonds. The predicted octanol–water partition coefficient (Wildman–Crippen LogP) is 9.28. The van der Waals surface area contributed by atoms with Gasteiger partial charge in [-0.3, -0.25) is 0 Å². The van der Waals surface area contributed by atoms with Crippen LogP contribution in [0.1, 0.15) is 0 Å². The molecule has 2 N–H and O–H groups in total. The number of rotatable bonds is 6. The third-order valence-corrected chi connectivity index (χ3v) is 12.3. The zero-order valence-corrected chi connectivity index (χ0v) is 36.5. The van der Waals surface area contributed by atoms with Crippen molar-refractivity contribution in [1.29, 1.82) is 0 Å². The second-order valence-corrected chi connectivity index (χ2v) is 16.6. The van der Waals surface area contributed by atoms with Gasteiger partial charge in [0.25, 0.3) is 0 Å². The molecule has 0 aliphatic rings. The van der Waals surface area contributed by atoms with E-state index in [1.807, 2.05) is 18.2 Å². The molecule has 1 atom stereocenters. The maximum Gasteiger partial charge on any atom is 0.490 e. The molecule has 16 heteroatoms. The van der Waals surface area contributed by atoms with Crippen molar-refractivity contribution >= 4 is 91.5 Å². The molecular formula is C40H28Br2F6O4P2Rh2-2. The Morgan fingerprint density at radius 1 is 0.464 bits per heavy atom. The molecule has 0 bridgehead atoms. The van der Waals surface area contributed by atoms with E-state index in [9.17, 15) is 26.3 Å². The van der Waals surface area contributed by atoms with Gasteiger partial charge in [0.1, 0.15) is 0 Å². The molecule has 6 aromatic carbocycles. The minimum absolute atomic E-state index is 0. The summed E-state index contributed by atoms with van der Waals surface area (Å²) in [6, 6.07) is 62.0. The van der Waals surface area contributed by atoms with Gasteiger partial charge in [-0.2, -0.15) is 80.9 Å². The maximum atomic E-state index is 10.6. The molecule has 4 nitrogen and oxygen atoms in total. The molecule has 56 heavy (non-hydrogen) atoms. The van der Waals surface area contributed by atoms with Gasteiger partial charge in [0.15, 0.2) is 0 Å². The Hall–Kier alpha value is -3.09. The molecular weight excluding hydrogens is 1090 g/mol. The maximum absolute atomic E-state index is 10.6. The van der Waals surface area contributed by atoms with E-state index in [0.29, 0.717) is 0 Å². The SMILES string of the molecule is Brc1c[c-]c(P(c2ccccc2)c2ccc(Br)cc2)cc1.O=C(O)C(F)(F)F.O=C(O)C(F)(F)F.[Rh].[Rh].[c-]1ccccc1P(c1ccccc1)c1ccccc1. The van der Waals surface area contributed by atoms with Crippen LogP contribution in [0, 0.1) is 12.1 Å². The van der Waals surface area contributed by atoms with Crippen molar-refractivity contribution in [3.8, 4) is 0 Å². The van der Waals surface area contributed by atoms with Crippen molar-refractivity contribution in [1.82, 2.24) is 0 Å². The van der Waals surface area contributed by atoms with Crippen LogP contribution in [0.25, 0.3) is 0 Å². The number of aliphatic carboxylic acids is 2. The third kappa shape index (κ3) is 17.6. The van der Waals surface area contributed by atoms with Gasteiger partial charge in [0.2, 0.25) is 0 Å². The first-order valence-corrected chi connectivity index (χ1v) is 19.6. The van der Waals surface area contributed by atoms with Gasteiger partial charge in [0.05, 0.1) is 0 Å². The Labute approximate surface area is 365 Å². The van der Waals surface area contributed by atoms with Crippen molar-refractivity contribution in [3.63, 3.8) is 0 Å². The number of halogens is 8. The number of alkyl halides is 6. The van der Waals surface area contributed by atoms with Crippen LogP contribution in [0.4, 0.5) is 26.3 Å². The average molecular weight is 1110 g/mol. The largest absolute Gasteiger partial charge is 0.490 e. The van der Waals surface area contributed by atoms with Crippen LogP contribution in [0.2, 0.25) is 0 Å². The molecule has 1 unspecified atom stereocenters. The predicted molar refractivity (Wildman–Crippen MR) is 211 cm³/mol. The van der Waals surface area contributed by atoms with E-state index in [0.717, 1.165) is 8.95 Å². The second-order valence-electron chi connectivity index (χ2n) is 10.4.